The highest BCUT2D eigenvalue weighted by Crippen LogP contribution is 2.46. The van der Waals surface area contributed by atoms with E-state index in [1.54, 1.807) is 0 Å². The number of amides is 6. The number of carbonyl (C=O) groups is 7. The maximum atomic E-state index is 13.7. The number of nitrogens with zero attached hydrogens (tertiary/aromatic N) is 1. The van der Waals surface area contributed by atoms with E-state index in [-0.39, 0.29) is 115 Å². The molecule has 0 saturated carbocycles. The van der Waals surface area contributed by atoms with Crippen molar-refractivity contribution >= 4 is 96.6 Å². The maximum Gasteiger partial charge on any atom is 0.336 e. The van der Waals surface area contributed by atoms with Gasteiger partial charge in [0.05, 0.1) is 91.9 Å². The number of fused-ring (bicyclic) bond motifs is 2. The van der Waals surface area contributed by atoms with Crippen LogP contribution < -0.4 is 58.2 Å². The Balaban J connectivity index is 1.28. The molecule has 0 fully saturated rings. The molecular formula is C53H66N10O26S3. The lowest BCUT2D eigenvalue weighted by Gasteiger charge is -2.20. The highest BCUT2D eigenvalue weighted by molar-refractivity contribution is 7.87. The van der Waals surface area contributed by atoms with Crippen LogP contribution in [0.5, 0.6) is 11.5 Å². The fraction of sp³-hybridized carbons (Fsp3) is 0.396. The zero-order valence-electron chi connectivity index (χ0n) is 49.1. The van der Waals surface area contributed by atoms with E-state index in [9.17, 15) is 70.2 Å². The average Bonchev–Trinajstić information content (AvgIpc) is 0.723. The number of hydrogen-bond acceptors (Lipinski definition) is 28. The van der Waals surface area contributed by atoms with Gasteiger partial charge < -0.3 is 71.8 Å². The predicted molar refractivity (Wildman–Crippen MR) is 318 cm³/mol. The molecule has 1 aliphatic heterocycles. The van der Waals surface area contributed by atoms with E-state index in [0.29, 0.717) is 19.8 Å². The molecule has 3 aromatic carbocycles. The topological polar surface area (TPSA) is 536 Å². The van der Waals surface area contributed by atoms with E-state index in [1.807, 2.05) is 6.92 Å². The standard InChI is InChI=1S/C53H66N10O26S3/c1-4-81-20-21-82-19-17-57-42(64)9-7-18-83-41-24-39(63(72)73)33(23-40(41)80-3)28(2)61-43(65)25-60-52(69)38(62-44(66)26-59-51(68)37(56)27-90)8-5-6-16-58-50(67)29-10-11-30(34(22-29)53(70)71)45-31-12-14-35(54)48(91(75,76)77)46(31)84-47-32(45)13-15-36(55)49(47)92(78,79)89-88-87-86-85-74/h10-15,22-24,28,37-38,55,74,90H,4-9,16-21,25-27,54,56H2,1-3H3,(H,57,64)(H,58,67)(H,59,68)(H,60,69)(H,61,65)(H,62,66)(H,70,71)(H,75,76,77)/t28?,37-,38-/m0/s1. The van der Waals surface area contributed by atoms with Crippen molar-refractivity contribution in [3.8, 4) is 33.9 Å². The van der Waals surface area contributed by atoms with Crippen LogP contribution in [-0.2, 0) is 78.2 Å². The lowest BCUT2D eigenvalue weighted by atomic mass is 9.89. The summed E-state index contributed by atoms with van der Waals surface area (Å²) >= 11 is 3.96. The van der Waals surface area contributed by atoms with Crippen molar-refractivity contribution in [2.75, 3.05) is 77.8 Å². The number of ether oxygens (including phenoxy) is 4. The summed E-state index contributed by atoms with van der Waals surface area (Å²) in [6, 6.07) is 6.19. The monoisotopic (exact) mass is 1350 g/mol. The molecular weight excluding hydrogens is 1290 g/mol. The van der Waals surface area contributed by atoms with Crippen LogP contribution in [0.1, 0.15) is 78.3 Å². The third-order valence-corrected chi connectivity index (χ3v) is 15.5. The number of unbranched alkanes of at least 4 members (excludes halogenated alkanes) is 1. The summed E-state index contributed by atoms with van der Waals surface area (Å²) < 4.78 is 94.2. The van der Waals surface area contributed by atoms with Crippen molar-refractivity contribution in [2.45, 2.75) is 73.9 Å². The molecule has 1 unspecified atom stereocenters. The number of methoxy groups -OCH3 is 1. The second-order valence-corrected chi connectivity index (χ2v) is 22.5. The predicted octanol–water partition coefficient (Wildman–Crippen LogP) is 1.11. The van der Waals surface area contributed by atoms with Crippen molar-refractivity contribution in [3.63, 3.8) is 0 Å². The van der Waals surface area contributed by atoms with E-state index in [4.69, 9.17) is 45.5 Å². The van der Waals surface area contributed by atoms with Gasteiger partial charge in [-0.25, -0.2) is 10.1 Å². The number of nitrogen functional groups attached to an aromatic ring is 1. The zero-order chi connectivity index (χ0) is 67.9. The summed E-state index contributed by atoms with van der Waals surface area (Å²) in [6.45, 7) is 3.73. The van der Waals surface area contributed by atoms with Gasteiger partial charge in [0.25, 0.3) is 21.7 Å². The number of carboxylic acids is 1. The highest BCUT2D eigenvalue weighted by Gasteiger charge is 2.35. The Bertz CT molecular complexity index is 3760. The van der Waals surface area contributed by atoms with Crippen LogP contribution in [0.2, 0.25) is 0 Å². The van der Waals surface area contributed by atoms with Crippen LogP contribution in [0, 0.1) is 15.5 Å². The summed E-state index contributed by atoms with van der Waals surface area (Å²) in [5.41, 5.74) is 7.80. The van der Waals surface area contributed by atoms with E-state index < -0.39 is 135 Å². The number of carbonyl (C=O) groups excluding carboxylic acids is 6. The molecule has 0 saturated heterocycles. The van der Waals surface area contributed by atoms with Crippen molar-refractivity contribution in [1.29, 1.82) is 5.41 Å². The van der Waals surface area contributed by atoms with Gasteiger partial charge >= 0.3 is 16.1 Å². The van der Waals surface area contributed by atoms with Crippen LogP contribution in [0.15, 0.2) is 68.8 Å². The first-order chi connectivity index (χ1) is 43.7. The highest BCUT2D eigenvalue weighted by atomic mass is 32.2. The number of carboxylic acid groups (broad SMARTS) is 1. The van der Waals surface area contributed by atoms with Gasteiger partial charge in [-0.3, -0.25) is 48.8 Å². The minimum atomic E-state index is -5.40. The first-order valence-corrected chi connectivity index (χ1v) is 30.8. The Morgan fingerprint density at radius 2 is 1.49 bits per heavy atom. The van der Waals surface area contributed by atoms with Gasteiger partial charge in [0.15, 0.2) is 32.6 Å². The number of aromatic carboxylic acids is 1. The lowest BCUT2D eigenvalue weighted by Crippen LogP contribution is -2.52. The molecule has 6 amide bonds. The summed E-state index contributed by atoms with van der Waals surface area (Å²) in [5, 5.41) is 67.5. The van der Waals surface area contributed by atoms with E-state index in [2.05, 4.69) is 69.0 Å². The van der Waals surface area contributed by atoms with E-state index >= 15 is 0 Å². The number of nitrogens with one attached hydrogen (secondary N) is 7. The number of nitro groups is 1. The normalized spacial score (nSPS) is 12.5. The third kappa shape index (κ3) is 20.7. The molecule has 92 heavy (non-hydrogen) atoms. The first-order valence-electron chi connectivity index (χ1n) is 27.4. The molecule has 0 radical (unpaired) electrons. The van der Waals surface area contributed by atoms with Gasteiger partial charge in [0, 0.05) is 53.9 Å². The zero-order valence-corrected chi connectivity index (χ0v) is 51.7. The quantitative estimate of drug-likeness (QED) is 0.00383. The molecule has 1 aliphatic carbocycles. The largest absolute Gasteiger partial charge is 0.493 e. The van der Waals surface area contributed by atoms with Crippen molar-refractivity contribution in [3.05, 3.63) is 86.8 Å². The maximum absolute atomic E-state index is 13.7. The SMILES string of the molecule is CCOCCOCCNC(=O)CCCOc1cc([N+](=O)[O-])c(C(C)NC(=O)CNC(=O)[C@H](CCCCNC(=O)c2ccc(-c3c4ccc(=N)c(S(=O)(=O)OOOOOO)c-4oc4c(S(=O)(=O)O)c(N)ccc34)c(C(=O)O)c2)NC(=O)CNC(=O)[C@@H](N)CS)cc1OC. The molecule has 39 heteroatoms. The molecule has 3 atom stereocenters. The fourth-order valence-electron chi connectivity index (χ4n) is 8.78. The Hall–Kier alpha value is -8.71. The molecule has 0 spiro atoms. The van der Waals surface area contributed by atoms with Gasteiger partial charge in [0.1, 0.15) is 6.04 Å². The second-order valence-electron chi connectivity index (χ2n) is 19.3. The number of nitrogens with two attached hydrogens (primary N) is 2. The van der Waals surface area contributed by atoms with Crippen LogP contribution in [0.3, 0.4) is 0 Å². The minimum Gasteiger partial charge on any atom is -0.493 e. The number of anilines is 1. The Morgan fingerprint density at radius 3 is 2.15 bits per heavy atom. The molecule has 36 nitrogen and oxygen atoms in total. The molecule has 5 rings (SSSR count). The molecule has 1 heterocycles. The van der Waals surface area contributed by atoms with Crippen LogP contribution >= 0.6 is 12.6 Å². The second kappa shape index (κ2) is 35.2. The number of nitro benzene ring substituents is 1. The molecule has 502 valence electrons. The van der Waals surface area contributed by atoms with Crippen LogP contribution in [0.25, 0.3) is 33.4 Å². The van der Waals surface area contributed by atoms with E-state index in [0.717, 1.165) is 48.5 Å². The lowest BCUT2D eigenvalue weighted by molar-refractivity contribution is -0.741. The van der Waals surface area contributed by atoms with Gasteiger partial charge in [-0.2, -0.15) is 29.5 Å². The summed E-state index contributed by atoms with van der Waals surface area (Å²) in [4.78, 5) is 101. The van der Waals surface area contributed by atoms with Gasteiger partial charge in [-0.1, -0.05) is 10.4 Å². The number of benzene rings is 4. The van der Waals surface area contributed by atoms with Crippen LogP contribution in [0.4, 0.5) is 11.4 Å². The van der Waals surface area contributed by atoms with Crippen molar-refractivity contribution in [2.24, 2.45) is 5.73 Å². The molecule has 0 aromatic heterocycles. The average molecular weight is 1360 g/mol. The fourth-order valence-corrected chi connectivity index (χ4v) is 10.6. The van der Waals surface area contributed by atoms with Gasteiger partial charge in [-0.05, 0) is 108 Å². The third-order valence-electron chi connectivity index (χ3n) is 13.0. The molecule has 14 N–H and O–H groups in total. The minimum absolute atomic E-state index is 0.00824. The Kier molecular flexibility index (Phi) is 28.3. The first kappa shape index (κ1) is 74.0. The number of hydrogen-bond donors (Lipinski definition) is 13. The Morgan fingerprint density at radius 1 is 0.793 bits per heavy atom. The van der Waals surface area contributed by atoms with Crippen molar-refractivity contribution < 1.29 is 118 Å². The molecule has 0 bridgehead atoms. The van der Waals surface area contributed by atoms with E-state index in [1.165, 1.54) is 20.1 Å². The van der Waals surface area contributed by atoms with Gasteiger partial charge in [-0.15, -0.1) is 0 Å². The summed E-state index contributed by atoms with van der Waals surface area (Å²) in [6.07, 6.45) is 0.343. The summed E-state index contributed by atoms with van der Waals surface area (Å²) in [7, 11) is -9.44. The smallest absolute Gasteiger partial charge is 0.336 e. The molecule has 3 aromatic rings. The Labute approximate surface area is 528 Å². The van der Waals surface area contributed by atoms with Crippen LogP contribution in [-0.4, -0.2) is 162 Å². The number of rotatable bonds is 39. The van der Waals surface area contributed by atoms with Gasteiger partial charge in [0.2, 0.25) is 29.5 Å². The number of thiol groups is 1. The molecule has 2 aliphatic rings. The summed E-state index contributed by atoms with van der Waals surface area (Å²) in [5.74, 6) is -7.00. The van der Waals surface area contributed by atoms with Crippen molar-refractivity contribution in [1.82, 2.24) is 31.9 Å².